The van der Waals surface area contributed by atoms with E-state index in [1.807, 2.05) is 55.6 Å². The maximum Gasteiger partial charge on any atom is 0.325 e. The van der Waals surface area contributed by atoms with E-state index in [2.05, 4.69) is 0 Å². The van der Waals surface area contributed by atoms with Crippen LogP contribution in [0, 0.1) is 0 Å². The molecule has 0 radical (unpaired) electrons. The van der Waals surface area contributed by atoms with E-state index >= 15 is 0 Å². The van der Waals surface area contributed by atoms with Gasteiger partial charge in [0.2, 0.25) is 0 Å². The van der Waals surface area contributed by atoms with Crippen LogP contribution in [0.2, 0.25) is 0 Å². The third-order valence-corrected chi connectivity index (χ3v) is 6.91. The summed E-state index contributed by atoms with van der Waals surface area (Å²) >= 11 is 7.44. The van der Waals surface area contributed by atoms with Crippen molar-refractivity contribution in [3.05, 3.63) is 53.0 Å². The SMILES string of the molecule is CCN(CC)C(=O)N1Cc2nc(-c3cccs3)cc(-c3ccc(OC)c(OC)c3)c2C1=S. The van der Waals surface area contributed by atoms with E-state index in [1.165, 1.54) is 0 Å². The zero-order chi connectivity index (χ0) is 22.8. The summed E-state index contributed by atoms with van der Waals surface area (Å²) in [7, 11) is 3.23. The van der Waals surface area contributed by atoms with E-state index in [4.69, 9.17) is 26.7 Å². The quantitative estimate of drug-likeness (QED) is 0.452. The Bertz CT molecular complexity index is 1160. The molecule has 32 heavy (non-hydrogen) atoms. The lowest BCUT2D eigenvalue weighted by molar-refractivity contribution is 0.180. The number of ether oxygens (including phenoxy) is 2. The summed E-state index contributed by atoms with van der Waals surface area (Å²) in [6, 6.07) is 11.8. The van der Waals surface area contributed by atoms with Crippen LogP contribution in [0.5, 0.6) is 11.5 Å². The summed E-state index contributed by atoms with van der Waals surface area (Å²) in [6.07, 6.45) is 0. The first-order valence-electron chi connectivity index (χ1n) is 10.4. The monoisotopic (exact) mass is 467 g/mol. The number of aromatic nitrogens is 1. The molecule has 3 heterocycles. The number of methoxy groups -OCH3 is 2. The first kappa shape index (κ1) is 22.2. The van der Waals surface area contributed by atoms with Crippen molar-refractivity contribution >= 4 is 34.6 Å². The largest absolute Gasteiger partial charge is 0.493 e. The number of hydrogen-bond acceptors (Lipinski definition) is 6. The molecule has 0 N–H and O–H groups in total. The molecule has 4 rings (SSSR count). The smallest absolute Gasteiger partial charge is 0.325 e. The minimum Gasteiger partial charge on any atom is -0.493 e. The molecule has 0 bridgehead atoms. The van der Waals surface area contributed by atoms with E-state index in [0.29, 0.717) is 36.1 Å². The van der Waals surface area contributed by atoms with Gasteiger partial charge in [-0.2, -0.15) is 0 Å². The number of benzene rings is 1. The molecule has 0 saturated heterocycles. The molecule has 2 aromatic heterocycles. The minimum absolute atomic E-state index is 0.0889. The highest BCUT2D eigenvalue weighted by Crippen LogP contribution is 2.39. The number of pyridine rings is 1. The van der Waals surface area contributed by atoms with Gasteiger partial charge in [-0.1, -0.05) is 24.4 Å². The molecule has 1 aliphatic heterocycles. The summed E-state index contributed by atoms with van der Waals surface area (Å²) in [4.78, 5) is 23.0. The highest BCUT2D eigenvalue weighted by molar-refractivity contribution is 7.80. The fraction of sp³-hybridized carbons (Fsp3) is 0.292. The molecule has 0 unspecified atom stereocenters. The van der Waals surface area contributed by atoms with Gasteiger partial charge in [0, 0.05) is 18.7 Å². The van der Waals surface area contributed by atoms with E-state index < -0.39 is 0 Å². The third-order valence-electron chi connectivity index (χ3n) is 5.59. The molecule has 6 nitrogen and oxygen atoms in total. The Morgan fingerprint density at radius 1 is 1.16 bits per heavy atom. The Morgan fingerprint density at radius 2 is 1.91 bits per heavy atom. The molecular weight excluding hydrogens is 442 g/mol. The van der Waals surface area contributed by atoms with Crippen LogP contribution < -0.4 is 9.47 Å². The highest BCUT2D eigenvalue weighted by Gasteiger charge is 2.35. The van der Waals surface area contributed by atoms with Gasteiger partial charge in [-0.05, 0) is 54.6 Å². The Hall–Kier alpha value is -2.97. The predicted octanol–water partition coefficient (Wildman–Crippen LogP) is 5.45. The van der Waals surface area contributed by atoms with Gasteiger partial charge in [0.15, 0.2) is 11.5 Å². The minimum atomic E-state index is -0.0889. The normalized spacial score (nSPS) is 12.6. The molecule has 1 aliphatic rings. The molecular formula is C24H25N3O3S2. The van der Waals surface area contributed by atoms with E-state index in [-0.39, 0.29) is 6.03 Å². The van der Waals surface area contributed by atoms with Crippen LogP contribution in [0.4, 0.5) is 4.79 Å². The molecule has 0 aliphatic carbocycles. The number of nitrogens with zero attached hydrogens (tertiary/aromatic N) is 3. The topological polar surface area (TPSA) is 54.9 Å². The lowest BCUT2D eigenvalue weighted by Gasteiger charge is -2.25. The van der Waals surface area contributed by atoms with Crippen molar-refractivity contribution in [2.75, 3.05) is 27.3 Å². The summed E-state index contributed by atoms with van der Waals surface area (Å²) < 4.78 is 10.9. The number of amides is 2. The molecule has 0 atom stereocenters. The molecule has 8 heteroatoms. The average Bonchev–Trinajstić information content (AvgIpc) is 3.47. The first-order valence-corrected chi connectivity index (χ1v) is 11.7. The fourth-order valence-corrected chi connectivity index (χ4v) is 4.97. The average molecular weight is 468 g/mol. The van der Waals surface area contributed by atoms with E-state index in [9.17, 15) is 4.79 Å². The van der Waals surface area contributed by atoms with E-state index in [0.717, 1.165) is 33.0 Å². The molecule has 0 saturated carbocycles. The maximum atomic E-state index is 13.1. The number of thiocarbonyl (C=S) groups is 1. The standard InChI is InChI=1S/C24H25N3O3S2/c1-5-26(6-2)24(28)27-14-18-22(23(27)31)16(13-17(25-18)21-8-7-11-32-21)15-9-10-19(29-3)20(12-15)30-4/h7-13H,5-6,14H2,1-4H3. The Kier molecular flexibility index (Phi) is 6.43. The van der Waals surface area contributed by atoms with Crippen LogP contribution in [0.3, 0.4) is 0 Å². The van der Waals surface area contributed by atoms with Crippen LogP contribution >= 0.6 is 23.6 Å². The number of carbonyl (C=O) groups is 1. The zero-order valence-electron chi connectivity index (χ0n) is 18.5. The van der Waals surface area contributed by atoms with E-state index in [1.54, 1.807) is 35.4 Å². The number of thiophene rings is 1. The second-order valence-corrected chi connectivity index (χ2v) is 8.60. The number of urea groups is 1. The summed E-state index contributed by atoms with van der Waals surface area (Å²) in [5.41, 5.74) is 4.36. The molecule has 0 spiro atoms. The van der Waals surface area contributed by atoms with Gasteiger partial charge in [-0.15, -0.1) is 11.3 Å². The van der Waals surface area contributed by atoms with Crippen molar-refractivity contribution in [1.29, 1.82) is 0 Å². The molecule has 1 aromatic carbocycles. The van der Waals surface area contributed by atoms with Crippen molar-refractivity contribution < 1.29 is 14.3 Å². The number of hydrogen-bond donors (Lipinski definition) is 0. The second kappa shape index (κ2) is 9.26. The Balaban J connectivity index is 1.87. The third kappa shape index (κ3) is 3.84. The Labute approximate surface area is 197 Å². The summed E-state index contributed by atoms with van der Waals surface area (Å²) in [6.45, 7) is 5.55. The number of rotatable bonds is 6. The lowest BCUT2D eigenvalue weighted by Crippen LogP contribution is -2.42. The Morgan fingerprint density at radius 3 is 2.53 bits per heavy atom. The number of fused-ring (bicyclic) bond motifs is 1. The van der Waals surface area contributed by atoms with Crippen molar-refractivity contribution in [2.45, 2.75) is 20.4 Å². The van der Waals surface area contributed by atoms with Crippen LogP contribution in [-0.2, 0) is 6.54 Å². The zero-order valence-corrected chi connectivity index (χ0v) is 20.2. The van der Waals surface area contributed by atoms with Gasteiger partial charge in [0.05, 0.1) is 37.0 Å². The van der Waals surface area contributed by atoms with Crippen molar-refractivity contribution in [3.8, 4) is 33.2 Å². The van der Waals surface area contributed by atoms with Gasteiger partial charge in [0.1, 0.15) is 4.99 Å². The maximum absolute atomic E-state index is 13.1. The van der Waals surface area contributed by atoms with Gasteiger partial charge < -0.3 is 14.4 Å². The highest BCUT2D eigenvalue weighted by atomic mass is 32.1. The predicted molar refractivity (Wildman–Crippen MR) is 132 cm³/mol. The lowest BCUT2D eigenvalue weighted by atomic mass is 9.98. The fourth-order valence-electron chi connectivity index (χ4n) is 3.91. The molecule has 0 fully saturated rings. The van der Waals surface area contributed by atoms with Gasteiger partial charge >= 0.3 is 6.03 Å². The molecule has 3 aromatic rings. The van der Waals surface area contributed by atoms with Gasteiger partial charge in [0.25, 0.3) is 0 Å². The van der Waals surface area contributed by atoms with Crippen LogP contribution in [0.25, 0.3) is 21.7 Å². The number of carbonyl (C=O) groups excluding carboxylic acids is 1. The van der Waals surface area contributed by atoms with Crippen molar-refractivity contribution in [3.63, 3.8) is 0 Å². The van der Waals surface area contributed by atoms with Crippen molar-refractivity contribution in [1.82, 2.24) is 14.8 Å². The van der Waals surface area contributed by atoms with Crippen LogP contribution in [0.15, 0.2) is 41.8 Å². The second-order valence-electron chi connectivity index (χ2n) is 7.27. The first-order chi connectivity index (χ1) is 15.5. The van der Waals surface area contributed by atoms with Crippen molar-refractivity contribution in [2.24, 2.45) is 0 Å². The van der Waals surface area contributed by atoms with Crippen LogP contribution in [0.1, 0.15) is 25.1 Å². The van der Waals surface area contributed by atoms with Gasteiger partial charge in [-0.3, -0.25) is 4.90 Å². The van der Waals surface area contributed by atoms with Crippen LogP contribution in [-0.4, -0.2) is 53.1 Å². The summed E-state index contributed by atoms with van der Waals surface area (Å²) in [5, 5.41) is 2.03. The summed E-state index contributed by atoms with van der Waals surface area (Å²) in [5.74, 6) is 1.29. The van der Waals surface area contributed by atoms with Gasteiger partial charge in [-0.25, -0.2) is 9.78 Å². The molecule has 166 valence electrons. The molecule has 2 amide bonds.